The fourth-order valence-electron chi connectivity index (χ4n) is 3.24. The minimum absolute atomic E-state index is 0. The molecule has 1 saturated heterocycles. The molecule has 0 aliphatic carbocycles. The van der Waals surface area contributed by atoms with Gasteiger partial charge in [-0.1, -0.05) is 12.1 Å². The summed E-state index contributed by atoms with van der Waals surface area (Å²) in [6.45, 7) is 3.94. The number of halogens is 1. The molecule has 1 fully saturated rings. The second kappa shape index (κ2) is 11.6. The van der Waals surface area contributed by atoms with Crippen molar-refractivity contribution in [2.75, 3.05) is 37.5 Å². The lowest BCUT2D eigenvalue weighted by atomic mass is 10.2. The Morgan fingerprint density at radius 3 is 2.53 bits per heavy atom. The molecule has 7 nitrogen and oxygen atoms in total. The van der Waals surface area contributed by atoms with E-state index in [0.29, 0.717) is 37.0 Å². The lowest BCUT2D eigenvalue weighted by molar-refractivity contribution is -0.117. The highest BCUT2D eigenvalue weighted by Crippen LogP contribution is 2.30. The number of methoxy groups -OCH3 is 1. The van der Waals surface area contributed by atoms with Crippen LogP contribution in [0.2, 0.25) is 0 Å². The van der Waals surface area contributed by atoms with Crippen LogP contribution in [-0.2, 0) is 11.3 Å². The summed E-state index contributed by atoms with van der Waals surface area (Å²) >= 11 is 0. The Kier molecular flexibility index (Phi) is 9.22. The van der Waals surface area contributed by atoms with Gasteiger partial charge in [-0.25, -0.2) is 0 Å². The zero-order chi connectivity index (χ0) is 20.6. The average Bonchev–Trinajstić information content (AvgIpc) is 3.18. The second-order valence-electron chi connectivity index (χ2n) is 6.66. The van der Waals surface area contributed by atoms with Crippen LogP contribution >= 0.6 is 24.0 Å². The van der Waals surface area contributed by atoms with E-state index in [1.165, 1.54) is 0 Å². The number of carbonyl (C=O) groups excluding carboxylic acids is 1. The van der Waals surface area contributed by atoms with Crippen LogP contribution in [-0.4, -0.2) is 39.2 Å². The molecule has 0 bridgehead atoms. The Balaban J connectivity index is 0.00000320. The SMILES string of the molecule is CCOc1ccc(NC(=NC)NCc2ccc(N3CCCC3=O)cc2)cc1OC.I. The summed E-state index contributed by atoms with van der Waals surface area (Å²) in [5, 5.41) is 6.55. The van der Waals surface area contributed by atoms with E-state index < -0.39 is 0 Å². The number of nitrogens with one attached hydrogen (secondary N) is 2. The summed E-state index contributed by atoms with van der Waals surface area (Å²) in [6.07, 6.45) is 1.57. The molecule has 2 aromatic carbocycles. The Hall–Kier alpha value is -2.49. The van der Waals surface area contributed by atoms with Crippen LogP contribution < -0.4 is 25.0 Å². The molecule has 0 spiro atoms. The van der Waals surface area contributed by atoms with E-state index in [1.807, 2.05) is 54.3 Å². The van der Waals surface area contributed by atoms with Gasteiger partial charge >= 0.3 is 0 Å². The first-order chi connectivity index (χ1) is 14.1. The molecule has 1 aliphatic heterocycles. The molecule has 2 N–H and O–H groups in total. The van der Waals surface area contributed by atoms with E-state index >= 15 is 0 Å². The Labute approximate surface area is 194 Å². The van der Waals surface area contributed by atoms with Gasteiger partial charge < -0.3 is 25.0 Å². The first kappa shape index (κ1) is 23.8. The third kappa shape index (κ3) is 6.01. The number of anilines is 2. The average molecular weight is 524 g/mol. The summed E-state index contributed by atoms with van der Waals surface area (Å²) in [5.41, 5.74) is 2.91. The van der Waals surface area contributed by atoms with Crippen LogP contribution in [0.3, 0.4) is 0 Å². The van der Waals surface area contributed by atoms with Crippen LogP contribution in [0.25, 0.3) is 0 Å². The molecule has 8 heteroatoms. The van der Waals surface area contributed by atoms with Crippen LogP contribution in [0.1, 0.15) is 25.3 Å². The predicted molar refractivity (Wildman–Crippen MR) is 131 cm³/mol. The molecule has 0 saturated carbocycles. The molecule has 3 rings (SSSR count). The maximum Gasteiger partial charge on any atom is 0.227 e. The molecule has 0 unspecified atom stereocenters. The highest BCUT2D eigenvalue weighted by molar-refractivity contribution is 14.0. The molecule has 30 heavy (non-hydrogen) atoms. The quantitative estimate of drug-likeness (QED) is 0.325. The number of hydrogen-bond acceptors (Lipinski definition) is 4. The van der Waals surface area contributed by atoms with Crippen molar-refractivity contribution in [1.82, 2.24) is 5.32 Å². The largest absolute Gasteiger partial charge is 0.493 e. The number of hydrogen-bond donors (Lipinski definition) is 2. The minimum atomic E-state index is 0. The Morgan fingerprint density at radius 1 is 1.17 bits per heavy atom. The van der Waals surface area contributed by atoms with Gasteiger partial charge in [0.2, 0.25) is 5.91 Å². The number of benzene rings is 2. The Morgan fingerprint density at radius 2 is 1.93 bits per heavy atom. The van der Waals surface area contributed by atoms with Gasteiger partial charge in [0.1, 0.15) is 0 Å². The van der Waals surface area contributed by atoms with Crippen LogP contribution in [0.15, 0.2) is 47.5 Å². The molecule has 1 aliphatic rings. The summed E-state index contributed by atoms with van der Waals surface area (Å²) in [4.78, 5) is 18.0. The maximum absolute atomic E-state index is 11.9. The highest BCUT2D eigenvalue weighted by atomic mass is 127. The van der Waals surface area contributed by atoms with Gasteiger partial charge in [0.15, 0.2) is 17.5 Å². The Bertz CT molecular complexity index is 871. The van der Waals surface area contributed by atoms with Gasteiger partial charge in [-0.3, -0.25) is 9.79 Å². The number of ether oxygens (including phenoxy) is 2. The van der Waals surface area contributed by atoms with Crippen molar-refractivity contribution >= 4 is 47.2 Å². The van der Waals surface area contributed by atoms with Gasteiger partial charge in [0.25, 0.3) is 0 Å². The molecular weight excluding hydrogens is 495 g/mol. The second-order valence-corrected chi connectivity index (χ2v) is 6.66. The molecular formula is C22H29IN4O3. The van der Waals surface area contributed by atoms with Gasteiger partial charge in [0.05, 0.1) is 13.7 Å². The van der Waals surface area contributed by atoms with Crippen LogP contribution in [0.5, 0.6) is 11.5 Å². The number of amides is 1. The lowest BCUT2D eigenvalue weighted by Gasteiger charge is -2.17. The number of nitrogens with zero attached hydrogens (tertiary/aromatic N) is 2. The number of rotatable bonds is 7. The minimum Gasteiger partial charge on any atom is -0.493 e. The third-order valence-corrected chi connectivity index (χ3v) is 4.73. The molecule has 2 aromatic rings. The molecule has 1 amide bonds. The zero-order valence-electron chi connectivity index (χ0n) is 17.6. The third-order valence-electron chi connectivity index (χ3n) is 4.73. The van der Waals surface area contributed by atoms with Crippen molar-refractivity contribution in [3.8, 4) is 11.5 Å². The van der Waals surface area contributed by atoms with Gasteiger partial charge in [-0.15, -0.1) is 24.0 Å². The number of carbonyl (C=O) groups is 1. The number of aliphatic imine (C=N–C) groups is 1. The number of guanidine groups is 1. The first-order valence-electron chi connectivity index (χ1n) is 9.82. The normalized spacial score (nSPS) is 13.6. The van der Waals surface area contributed by atoms with Crippen molar-refractivity contribution in [2.45, 2.75) is 26.3 Å². The molecule has 1 heterocycles. The van der Waals surface area contributed by atoms with E-state index in [2.05, 4.69) is 15.6 Å². The van der Waals surface area contributed by atoms with Crippen molar-refractivity contribution in [3.05, 3.63) is 48.0 Å². The van der Waals surface area contributed by atoms with Crippen molar-refractivity contribution < 1.29 is 14.3 Å². The van der Waals surface area contributed by atoms with Gasteiger partial charge in [-0.05, 0) is 43.2 Å². The first-order valence-corrected chi connectivity index (χ1v) is 9.82. The van der Waals surface area contributed by atoms with E-state index in [-0.39, 0.29) is 29.9 Å². The van der Waals surface area contributed by atoms with Crippen LogP contribution in [0.4, 0.5) is 11.4 Å². The van der Waals surface area contributed by atoms with Crippen LogP contribution in [0, 0.1) is 0 Å². The van der Waals surface area contributed by atoms with Crippen molar-refractivity contribution in [3.63, 3.8) is 0 Å². The van der Waals surface area contributed by atoms with Crippen molar-refractivity contribution in [1.29, 1.82) is 0 Å². The summed E-state index contributed by atoms with van der Waals surface area (Å²) in [5.74, 6) is 2.22. The fourth-order valence-corrected chi connectivity index (χ4v) is 3.24. The summed E-state index contributed by atoms with van der Waals surface area (Å²) in [6, 6.07) is 13.7. The van der Waals surface area contributed by atoms with E-state index in [4.69, 9.17) is 9.47 Å². The molecule has 0 aromatic heterocycles. The smallest absolute Gasteiger partial charge is 0.227 e. The zero-order valence-corrected chi connectivity index (χ0v) is 19.9. The van der Waals surface area contributed by atoms with Crippen molar-refractivity contribution in [2.24, 2.45) is 4.99 Å². The molecule has 0 radical (unpaired) electrons. The lowest BCUT2D eigenvalue weighted by Crippen LogP contribution is -2.30. The van der Waals surface area contributed by atoms with Gasteiger partial charge in [-0.2, -0.15) is 0 Å². The van der Waals surface area contributed by atoms with E-state index in [9.17, 15) is 4.79 Å². The highest BCUT2D eigenvalue weighted by Gasteiger charge is 2.21. The van der Waals surface area contributed by atoms with E-state index in [1.54, 1.807) is 14.2 Å². The predicted octanol–water partition coefficient (Wildman–Crippen LogP) is 4.03. The molecule has 0 atom stereocenters. The fraction of sp³-hybridized carbons (Fsp3) is 0.364. The summed E-state index contributed by atoms with van der Waals surface area (Å²) in [7, 11) is 3.34. The standard InChI is InChI=1S/C22H28N4O3.HI/c1-4-29-19-12-9-17(14-20(19)28-3)25-22(23-2)24-15-16-7-10-18(11-8-16)26-13-5-6-21(26)27;/h7-12,14H,4-6,13,15H2,1-3H3,(H2,23,24,25);1H. The topological polar surface area (TPSA) is 75.2 Å². The molecule has 162 valence electrons. The maximum atomic E-state index is 11.9. The van der Waals surface area contributed by atoms with E-state index in [0.717, 1.165) is 29.9 Å². The summed E-state index contributed by atoms with van der Waals surface area (Å²) < 4.78 is 10.9. The monoisotopic (exact) mass is 524 g/mol. The van der Waals surface area contributed by atoms with Gasteiger partial charge in [0, 0.05) is 44.0 Å².